The van der Waals surface area contributed by atoms with Gasteiger partial charge in [-0.2, -0.15) is 0 Å². The van der Waals surface area contributed by atoms with E-state index in [0.29, 0.717) is 10.8 Å². The Balaban J connectivity index is 2.29. The van der Waals surface area contributed by atoms with Crippen LogP contribution in [0.5, 0.6) is 0 Å². The van der Waals surface area contributed by atoms with Crippen molar-refractivity contribution >= 4 is 39.7 Å². The molecule has 3 nitrogen and oxygen atoms in total. The van der Waals surface area contributed by atoms with Gasteiger partial charge in [-0.15, -0.1) is 11.3 Å². The van der Waals surface area contributed by atoms with Crippen molar-refractivity contribution in [3.8, 4) is 10.7 Å². The Kier molecular flexibility index (Phi) is 3.59. The van der Waals surface area contributed by atoms with Gasteiger partial charge in [0.05, 0.1) is 15.4 Å². The SMILES string of the molecule is CCNc1nc(-c2sccc2Cl)nc2cccc(C)c12. The lowest BCUT2D eigenvalue weighted by Gasteiger charge is -2.11. The highest BCUT2D eigenvalue weighted by Crippen LogP contribution is 2.34. The van der Waals surface area contributed by atoms with Gasteiger partial charge in [-0.1, -0.05) is 23.7 Å². The summed E-state index contributed by atoms with van der Waals surface area (Å²) in [5.74, 6) is 1.55. The van der Waals surface area contributed by atoms with Crippen LogP contribution >= 0.6 is 22.9 Å². The number of thiophene rings is 1. The van der Waals surface area contributed by atoms with E-state index in [1.807, 2.05) is 23.6 Å². The minimum atomic E-state index is 0.680. The fraction of sp³-hybridized carbons (Fsp3) is 0.200. The number of rotatable bonds is 3. The van der Waals surface area contributed by atoms with Crippen molar-refractivity contribution in [2.24, 2.45) is 0 Å². The summed E-state index contributed by atoms with van der Waals surface area (Å²) >= 11 is 7.75. The molecule has 0 saturated carbocycles. The van der Waals surface area contributed by atoms with Crippen LogP contribution in [0.2, 0.25) is 5.02 Å². The van der Waals surface area contributed by atoms with E-state index in [4.69, 9.17) is 11.6 Å². The highest BCUT2D eigenvalue weighted by molar-refractivity contribution is 7.14. The van der Waals surface area contributed by atoms with Crippen LogP contribution in [0, 0.1) is 6.92 Å². The molecule has 102 valence electrons. The molecule has 0 saturated heterocycles. The number of benzene rings is 1. The molecule has 2 aromatic heterocycles. The van der Waals surface area contributed by atoms with Crippen molar-refractivity contribution in [2.45, 2.75) is 13.8 Å². The van der Waals surface area contributed by atoms with Gasteiger partial charge in [0, 0.05) is 11.9 Å². The Hall–Kier alpha value is -1.65. The van der Waals surface area contributed by atoms with E-state index in [-0.39, 0.29) is 0 Å². The molecule has 0 unspecified atom stereocenters. The van der Waals surface area contributed by atoms with Crippen LogP contribution in [0.3, 0.4) is 0 Å². The second-order valence-electron chi connectivity index (χ2n) is 4.49. The fourth-order valence-electron chi connectivity index (χ4n) is 2.20. The Morgan fingerprint density at radius 1 is 1.25 bits per heavy atom. The summed E-state index contributed by atoms with van der Waals surface area (Å²) in [7, 11) is 0. The number of aryl methyl sites for hydroxylation is 1. The van der Waals surface area contributed by atoms with Gasteiger partial charge in [0.15, 0.2) is 5.82 Å². The van der Waals surface area contributed by atoms with Crippen molar-refractivity contribution in [1.82, 2.24) is 9.97 Å². The summed E-state index contributed by atoms with van der Waals surface area (Å²) in [6.07, 6.45) is 0. The first-order valence-corrected chi connectivity index (χ1v) is 7.71. The first-order valence-electron chi connectivity index (χ1n) is 6.45. The molecule has 0 amide bonds. The first-order chi connectivity index (χ1) is 9.70. The van der Waals surface area contributed by atoms with Crippen LogP contribution in [0.15, 0.2) is 29.6 Å². The van der Waals surface area contributed by atoms with Crippen LogP contribution in [0.4, 0.5) is 5.82 Å². The quantitative estimate of drug-likeness (QED) is 0.758. The smallest absolute Gasteiger partial charge is 0.173 e. The van der Waals surface area contributed by atoms with Crippen molar-refractivity contribution in [3.05, 3.63) is 40.2 Å². The lowest BCUT2D eigenvalue weighted by atomic mass is 10.1. The second kappa shape index (κ2) is 5.38. The van der Waals surface area contributed by atoms with Crippen molar-refractivity contribution in [2.75, 3.05) is 11.9 Å². The monoisotopic (exact) mass is 303 g/mol. The van der Waals surface area contributed by atoms with Gasteiger partial charge in [0.2, 0.25) is 0 Å². The number of hydrogen-bond acceptors (Lipinski definition) is 4. The van der Waals surface area contributed by atoms with Crippen LogP contribution in [0.25, 0.3) is 21.6 Å². The molecule has 0 fully saturated rings. The molecule has 0 aliphatic rings. The molecule has 0 aliphatic carbocycles. The van der Waals surface area contributed by atoms with Gasteiger partial charge in [-0.3, -0.25) is 0 Å². The van der Waals surface area contributed by atoms with Crippen molar-refractivity contribution < 1.29 is 0 Å². The third-order valence-electron chi connectivity index (χ3n) is 3.10. The van der Waals surface area contributed by atoms with Crippen molar-refractivity contribution in [1.29, 1.82) is 0 Å². The van der Waals surface area contributed by atoms with Crippen LogP contribution in [0.1, 0.15) is 12.5 Å². The molecule has 20 heavy (non-hydrogen) atoms. The van der Waals surface area contributed by atoms with E-state index in [0.717, 1.165) is 28.1 Å². The topological polar surface area (TPSA) is 37.8 Å². The lowest BCUT2D eigenvalue weighted by Crippen LogP contribution is -2.03. The zero-order valence-corrected chi connectivity index (χ0v) is 12.8. The summed E-state index contributed by atoms with van der Waals surface area (Å²) < 4.78 is 0. The molecule has 5 heteroatoms. The summed E-state index contributed by atoms with van der Waals surface area (Å²) in [6.45, 7) is 4.95. The molecule has 2 heterocycles. The number of nitrogens with one attached hydrogen (secondary N) is 1. The summed E-state index contributed by atoms with van der Waals surface area (Å²) in [5.41, 5.74) is 2.11. The van der Waals surface area contributed by atoms with Gasteiger partial charge < -0.3 is 5.32 Å². The molecule has 0 spiro atoms. The molecule has 3 aromatic rings. The van der Waals surface area contributed by atoms with Gasteiger partial charge in [-0.05, 0) is 36.9 Å². The number of fused-ring (bicyclic) bond motifs is 1. The molecule has 0 bridgehead atoms. The number of aromatic nitrogens is 2. The largest absolute Gasteiger partial charge is 0.370 e. The highest BCUT2D eigenvalue weighted by atomic mass is 35.5. The van der Waals surface area contributed by atoms with E-state index in [1.54, 1.807) is 11.3 Å². The third-order valence-corrected chi connectivity index (χ3v) is 4.43. The molecular weight excluding hydrogens is 290 g/mol. The predicted octanol–water partition coefficient (Wildman–Crippen LogP) is 4.75. The Morgan fingerprint density at radius 3 is 2.80 bits per heavy atom. The number of halogens is 1. The zero-order valence-electron chi connectivity index (χ0n) is 11.3. The summed E-state index contributed by atoms with van der Waals surface area (Å²) in [5, 5.41) is 7.05. The maximum absolute atomic E-state index is 6.20. The summed E-state index contributed by atoms with van der Waals surface area (Å²) in [6, 6.07) is 7.97. The molecule has 1 aromatic carbocycles. The highest BCUT2D eigenvalue weighted by Gasteiger charge is 2.13. The average molecular weight is 304 g/mol. The maximum Gasteiger partial charge on any atom is 0.173 e. The normalized spacial score (nSPS) is 10.9. The van der Waals surface area contributed by atoms with Gasteiger partial charge >= 0.3 is 0 Å². The van der Waals surface area contributed by atoms with Crippen LogP contribution in [-0.2, 0) is 0 Å². The molecule has 0 atom stereocenters. The maximum atomic E-state index is 6.20. The van der Waals surface area contributed by atoms with E-state index in [1.165, 1.54) is 5.56 Å². The number of hydrogen-bond donors (Lipinski definition) is 1. The molecule has 1 N–H and O–H groups in total. The summed E-state index contributed by atoms with van der Waals surface area (Å²) in [4.78, 5) is 10.2. The molecule has 0 aliphatic heterocycles. The number of anilines is 1. The van der Waals surface area contributed by atoms with E-state index in [2.05, 4.69) is 35.2 Å². The van der Waals surface area contributed by atoms with E-state index < -0.39 is 0 Å². The van der Waals surface area contributed by atoms with Gasteiger partial charge in [0.25, 0.3) is 0 Å². The minimum Gasteiger partial charge on any atom is -0.370 e. The van der Waals surface area contributed by atoms with Crippen molar-refractivity contribution in [3.63, 3.8) is 0 Å². The first kappa shape index (κ1) is 13.3. The average Bonchev–Trinajstić information content (AvgIpc) is 2.85. The second-order valence-corrected chi connectivity index (χ2v) is 5.82. The zero-order chi connectivity index (χ0) is 14.1. The fourth-order valence-corrected chi connectivity index (χ4v) is 3.28. The van der Waals surface area contributed by atoms with Gasteiger partial charge in [0.1, 0.15) is 5.82 Å². The van der Waals surface area contributed by atoms with Gasteiger partial charge in [-0.25, -0.2) is 9.97 Å². The lowest BCUT2D eigenvalue weighted by molar-refractivity contribution is 1.15. The molecule has 0 radical (unpaired) electrons. The van der Waals surface area contributed by atoms with E-state index >= 15 is 0 Å². The van der Waals surface area contributed by atoms with E-state index in [9.17, 15) is 0 Å². The number of nitrogens with zero attached hydrogens (tertiary/aromatic N) is 2. The van der Waals surface area contributed by atoms with Crippen LogP contribution in [-0.4, -0.2) is 16.5 Å². The minimum absolute atomic E-state index is 0.680. The Labute approximate surface area is 126 Å². The molecular formula is C15H14ClN3S. The third kappa shape index (κ3) is 2.25. The van der Waals surface area contributed by atoms with Crippen LogP contribution < -0.4 is 5.32 Å². The Morgan fingerprint density at radius 2 is 2.10 bits per heavy atom. The predicted molar refractivity (Wildman–Crippen MR) is 86.8 cm³/mol. The Bertz CT molecular complexity index is 767. The molecule has 3 rings (SSSR count). The standard InChI is InChI=1S/C15H14ClN3S/c1-3-17-14-12-9(2)5-4-6-11(12)18-15(19-14)13-10(16)7-8-20-13/h4-8H,3H2,1-2H3,(H,17,18,19).